The lowest BCUT2D eigenvalue weighted by Gasteiger charge is -2.07. The van der Waals surface area contributed by atoms with Gasteiger partial charge in [0.2, 0.25) is 5.95 Å². The minimum absolute atomic E-state index is 0.0222. The van der Waals surface area contributed by atoms with E-state index in [1.807, 2.05) is 0 Å². The molecule has 0 radical (unpaired) electrons. The number of halogens is 1. The van der Waals surface area contributed by atoms with Crippen LogP contribution in [-0.4, -0.2) is 27.0 Å². The lowest BCUT2D eigenvalue weighted by Crippen LogP contribution is -2.12. The summed E-state index contributed by atoms with van der Waals surface area (Å²) >= 11 is 5.90. The van der Waals surface area contributed by atoms with Crippen LogP contribution in [0.2, 0.25) is 5.02 Å². The van der Waals surface area contributed by atoms with Crippen molar-refractivity contribution in [3.63, 3.8) is 0 Å². The maximum atomic E-state index is 10.6. The molecular formula is C10H9ClN6O4. The van der Waals surface area contributed by atoms with Crippen molar-refractivity contribution in [3.8, 4) is 17.8 Å². The van der Waals surface area contributed by atoms with E-state index in [1.54, 1.807) is 0 Å². The van der Waals surface area contributed by atoms with E-state index in [9.17, 15) is 10.1 Å². The molecule has 1 heterocycles. The largest absolute Gasteiger partial charge is 0.467 e. The number of nitrogens with zero attached hydrogens (tertiary/aromatic N) is 4. The fourth-order valence-corrected chi connectivity index (χ4v) is 1.54. The Morgan fingerprint density at radius 1 is 1.33 bits per heavy atom. The van der Waals surface area contributed by atoms with Gasteiger partial charge in [-0.2, -0.15) is 9.97 Å². The Hall–Kier alpha value is -2.72. The number of hydrazine groups is 1. The van der Waals surface area contributed by atoms with Crippen molar-refractivity contribution in [2.24, 2.45) is 5.84 Å². The number of nitrogens with two attached hydrogens (primary N) is 1. The van der Waals surface area contributed by atoms with Crippen LogP contribution >= 0.6 is 11.6 Å². The highest BCUT2D eigenvalue weighted by molar-refractivity contribution is 6.32. The van der Waals surface area contributed by atoms with Crippen LogP contribution < -0.4 is 20.7 Å². The molecule has 2 rings (SSSR count). The van der Waals surface area contributed by atoms with Crippen LogP contribution in [0.15, 0.2) is 18.2 Å². The summed E-state index contributed by atoms with van der Waals surface area (Å²) in [5.41, 5.74) is 2.06. The number of nitro benzene ring substituents is 1. The van der Waals surface area contributed by atoms with E-state index in [2.05, 4.69) is 20.4 Å². The highest BCUT2D eigenvalue weighted by atomic mass is 35.5. The molecule has 3 N–H and O–H groups in total. The molecule has 21 heavy (non-hydrogen) atoms. The Bertz CT molecular complexity index is 660. The lowest BCUT2D eigenvalue weighted by atomic mass is 10.3. The lowest BCUT2D eigenvalue weighted by molar-refractivity contribution is -0.384. The minimum atomic E-state index is -0.571. The summed E-state index contributed by atoms with van der Waals surface area (Å²) in [5, 5.41) is 10.7. The van der Waals surface area contributed by atoms with Gasteiger partial charge in [-0.3, -0.25) is 15.5 Å². The van der Waals surface area contributed by atoms with Gasteiger partial charge in [-0.1, -0.05) is 11.6 Å². The quantitative estimate of drug-likeness (QED) is 0.477. The van der Waals surface area contributed by atoms with Gasteiger partial charge >= 0.3 is 12.0 Å². The maximum absolute atomic E-state index is 10.6. The van der Waals surface area contributed by atoms with Crippen molar-refractivity contribution in [1.29, 1.82) is 0 Å². The number of hydrogen-bond donors (Lipinski definition) is 2. The molecule has 0 unspecified atom stereocenters. The van der Waals surface area contributed by atoms with E-state index in [4.69, 9.17) is 26.9 Å². The van der Waals surface area contributed by atoms with E-state index in [0.29, 0.717) is 0 Å². The number of anilines is 1. The zero-order chi connectivity index (χ0) is 15.4. The van der Waals surface area contributed by atoms with Gasteiger partial charge in [0.05, 0.1) is 17.1 Å². The molecule has 0 bridgehead atoms. The molecule has 0 aliphatic rings. The SMILES string of the molecule is COc1nc(NN)nc(Oc2ccc([N+](=O)[O-])cc2Cl)n1. The molecule has 0 fully saturated rings. The standard InChI is InChI=1S/C10H9ClN6O4/c1-20-9-13-8(16-12)14-10(15-9)21-7-3-2-5(17(18)19)4-6(7)11/h2-4H,12H2,1H3,(H,13,14,15,16). The summed E-state index contributed by atoms with van der Waals surface area (Å²) in [6.07, 6.45) is 0. The van der Waals surface area contributed by atoms with Crippen LogP contribution in [0.5, 0.6) is 17.8 Å². The van der Waals surface area contributed by atoms with Gasteiger partial charge in [0.25, 0.3) is 5.69 Å². The second kappa shape index (κ2) is 6.15. The van der Waals surface area contributed by atoms with Gasteiger partial charge < -0.3 is 9.47 Å². The zero-order valence-electron chi connectivity index (χ0n) is 10.6. The van der Waals surface area contributed by atoms with Crippen molar-refractivity contribution in [2.75, 3.05) is 12.5 Å². The first kappa shape index (κ1) is 14.7. The predicted octanol–water partition coefficient (Wildman–Crippen LogP) is 1.52. The fraction of sp³-hybridized carbons (Fsp3) is 0.100. The number of rotatable bonds is 5. The number of nitro groups is 1. The van der Waals surface area contributed by atoms with Gasteiger partial charge in [-0.25, -0.2) is 5.84 Å². The van der Waals surface area contributed by atoms with Gasteiger partial charge in [0, 0.05) is 12.1 Å². The van der Waals surface area contributed by atoms with Crippen molar-refractivity contribution in [2.45, 2.75) is 0 Å². The number of ether oxygens (including phenoxy) is 2. The summed E-state index contributed by atoms with van der Waals surface area (Å²) < 4.78 is 10.2. The van der Waals surface area contributed by atoms with Crippen LogP contribution in [0.3, 0.4) is 0 Å². The van der Waals surface area contributed by atoms with Crippen molar-refractivity contribution < 1.29 is 14.4 Å². The third-order valence-electron chi connectivity index (χ3n) is 2.23. The number of methoxy groups -OCH3 is 1. The van der Waals surface area contributed by atoms with Crippen LogP contribution in [0.25, 0.3) is 0 Å². The molecule has 0 amide bonds. The van der Waals surface area contributed by atoms with E-state index < -0.39 is 4.92 Å². The number of hydrogen-bond acceptors (Lipinski definition) is 9. The third-order valence-corrected chi connectivity index (χ3v) is 2.53. The highest BCUT2D eigenvalue weighted by Crippen LogP contribution is 2.31. The van der Waals surface area contributed by atoms with Gasteiger partial charge in [0.15, 0.2) is 0 Å². The monoisotopic (exact) mass is 312 g/mol. The maximum Gasteiger partial charge on any atom is 0.330 e. The van der Waals surface area contributed by atoms with E-state index in [-0.39, 0.29) is 34.4 Å². The summed E-state index contributed by atoms with van der Waals surface area (Å²) in [7, 11) is 1.36. The molecular weight excluding hydrogens is 304 g/mol. The van der Waals surface area contributed by atoms with Gasteiger partial charge in [0.1, 0.15) is 5.75 Å². The molecule has 0 saturated carbocycles. The molecule has 2 aromatic rings. The predicted molar refractivity (Wildman–Crippen MR) is 72.4 cm³/mol. The van der Waals surface area contributed by atoms with Gasteiger partial charge in [-0.05, 0) is 6.07 Å². The number of aromatic nitrogens is 3. The summed E-state index contributed by atoms with van der Waals surface area (Å²) in [6, 6.07) is 3.56. The van der Waals surface area contributed by atoms with Gasteiger partial charge in [-0.15, -0.1) is 4.98 Å². The van der Waals surface area contributed by atoms with Crippen LogP contribution in [0.1, 0.15) is 0 Å². The molecule has 0 aliphatic heterocycles. The minimum Gasteiger partial charge on any atom is -0.467 e. The molecule has 0 atom stereocenters. The Kier molecular flexibility index (Phi) is 4.30. The van der Waals surface area contributed by atoms with E-state index >= 15 is 0 Å². The zero-order valence-corrected chi connectivity index (χ0v) is 11.4. The first-order valence-electron chi connectivity index (χ1n) is 5.42. The highest BCUT2D eigenvalue weighted by Gasteiger charge is 2.13. The van der Waals surface area contributed by atoms with E-state index in [1.165, 1.54) is 19.2 Å². The average Bonchev–Trinajstić information content (AvgIpc) is 2.48. The molecule has 0 spiro atoms. The summed E-state index contributed by atoms with van der Waals surface area (Å²) in [4.78, 5) is 21.5. The summed E-state index contributed by atoms with van der Waals surface area (Å²) in [6.45, 7) is 0. The van der Waals surface area contributed by atoms with E-state index in [0.717, 1.165) is 6.07 Å². The Morgan fingerprint density at radius 3 is 2.62 bits per heavy atom. The first-order valence-corrected chi connectivity index (χ1v) is 5.79. The van der Waals surface area contributed by atoms with Crippen molar-refractivity contribution in [3.05, 3.63) is 33.3 Å². The molecule has 11 heteroatoms. The number of nitrogens with one attached hydrogen (secondary N) is 1. The molecule has 0 saturated heterocycles. The Morgan fingerprint density at radius 2 is 2.05 bits per heavy atom. The third kappa shape index (κ3) is 3.43. The van der Waals surface area contributed by atoms with Crippen molar-refractivity contribution in [1.82, 2.24) is 15.0 Å². The van der Waals surface area contributed by atoms with Crippen LogP contribution in [0, 0.1) is 10.1 Å². The Labute approximate surface area is 123 Å². The molecule has 1 aromatic carbocycles. The second-order valence-electron chi connectivity index (χ2n) is 3.55. The smallest absolute Gasteiger partial charge is 0.330 e. The van der Waals surface area contributed by atoms with Crippen molar-refractivity contribution >= 4 is 23.2 Å². The average molecular weight is 313 g/mol. The Balaban J connectivity index is 2.31. The molecule has 10 nitrogen and oxygen atoms in total. The number of nitrogen functional groups attached to an aromatic ring is 1. The fourth-order valence-electron chi connectivity index (χ4n) is 1.32. The topological polar surface area (TPSA) is 138 Å². The normalized spacial score (nSPS) is 10.0. The first-order chi connectivity index (χ1) is 10.0. The summed E-state index contributed by atoms with van der Waals surface area (Å²) in [5.74, 6) is 5.36. The molecule has 110 valence electrons. The second-order valence-corrected chi connectivity index (χ2v) is 3.95. The van der Waals surface area contributed by atoms with Crippen LogP contribution in [0.4, 0.5) is 11.6 Å². The molecule has 1 aromatic heterocycles. The van der Waals surface area contributed by atoms with Crippen LogP contribution in [-0.2, 0) is 0 Å². The number of benzene rings is 1. The number of non-ortho nitro benzene ring substituents is 1. The molecule has 0 aliphatic carbocycles.